The third kappa shape index (κ3) is 5.87. The van der Waals surface area contributed by atoms with Gasteiger partial charge in [0, 0.05) is 36.9 Å². The van der Waals surface area contributed by atoms with Gasteiger partial charge < -0.3 is 0 Å². The molecule has 0 radical (unpaired) electrons. The van der Waals surface area contributed by atoms with Crippen molar-refractivity contribution < 1.29 is 0 Å². The van der Waals surface area contributed by atoms with E-state index in [-0.39, 0.29) is 0 Å². The molecule has 0 fully saturated rings. The molecule has 248 valence electrons. The highest BCUT2D eigenvalue weighted by molar-refractivity contribution is 7.25. The molecule has 0 unspecified atom stereocenters. The van der Waals surface area contributed by atoms with Crippen LogP contribution in [0.5, 0.6) is 0 Å². The van der Waals surface area contributed by atoms with Gasteiger partial charge in [0.2, 0.25) is 0 Å². The van der Waals surface area contributed by atoms with Crippen molar-refractivity contribution in [2.45, 2.75) is 0 Å². The Kier molecular flexibility index (Phi) is 7.71. The summed E-state index contributed by atoms with van der Waals surface area (Å²) in [4.78, 5) is 10.6. The zero-order valence-corrected chi connectivity index (χ0v) is 29.6. The van der Waals surface area contributed by atoms with Gasteiger partial charge in [0.05, 0.1) is 11.4 Å². The molecule has 0 aliphatic carbocycles. The smallest absolute Gasteiger partial charge is 0.161 e. The van der Waals surface area contributed by atoms with Gasteiger partial charge in [-0.2, -0.15) is 0 Å². The van der Waals surface area contributed by atoms with Gasteiger partial charge in [-0.25, -0.2) is 9.97 Å². The molecule has 10 aromatic rings. The van der Waals surface area contributed by atoms with Crippen molar-refractivity contribution >= 4 is 42.3 Å². The Morgan fingerprint density at radius 2 is 0.887 bits per heavy atom. The second-order valence-electron chi connectivity index (χ2n) is 13.4. The average molecular weight is 693 g/mol. The van der Waals surface area contributed by atoms with Crippen molar-refractivity contribution in [3.63, 3.8) is 0 Å². The van der Waals surface area contributed by atoms with Crippen LogP contribution in [0.15, 0.2) is 194 Å². The highest BCUT2D eigenvalue weighted by atomic mass is 32.1. The first-order valence-electron chi connectivity index (χ1n) is 17.9. The Labute approximate surface area is 312 Å². The van der Waals surface area contributed by atoms with Crippen LogP contribution in [0.25, 0.3) is 98.2 Å². The van der Waals surface area contributed by atoms with Gasteiger partial charge in [-0.3, -0.25) is 0 Å². The first-order valence-corrected chi connectivity index (χ1v) is 18.7. The monoisotopic (exact) mass is 692 g/mol. The predicted octanol–water partition coefficient (Wildman–Crippen LogP) is 14.0. The van der Waals surface area contributed by atoms with Gasteiger partial charge in [-0.1, -0.05) is 146 Å². The summed E-state index contributed by atoms with van der Waals surface area (Å²) in [5.74, 6) is 0.697. The average Bonchev–Trinajstić information content (AvgIpc) is 3.62. The summed E-state index contributed by atoms with van der Waals surface area (Å²) in [7, 11) is 0. The molecule has 10 rings (SSSR count). The Morgan fingerprint density at radius 3 is 1.70 bits per heavy atom. The molecule has 0 saturated heterocycles. The van der Waals surface area contributed by atoms with E-state index in [1.807, 2.05) is 17.4 Å². The summed E-state index contributed by atoms with van der Waals surface area (Å²) < 4.78 is 2.61. The molecule has 3 heteroatoms. The minimum Gasteiger partial charge on any atom is -0.228 e. The zero-order valence-electron chi connectivity index (χ0n) is 28.8. The van der Waals surface area contributed by atoms with Gasteiger partial charge in [0.25, 0.3) is 0 Å². The van der Waals surface area contributed by atoms with E-state index in [1.54, 1.807) is 0 Å². The van der Waals surface area contributed by atoms with Crippen LogP contribution >= 0.6 is 11.3 Å². The van der Waals surface area contributed by atoms with Gasteiger partial charge in [-0.05, 0) is 92.7 Å². The number of hydrogen-bond acceptors (Lipinski definition) is 3. The van der Waals surface area contributed by atoms with Gasteiger partial charge in [-0.15, -0.1) is 11.3 Å². The molecule has 0 amide bonds. The molecule has 2 nitrogen and oxygen atoms in total. The van der Waals surface area contributed by atoms with Crippen molar-refractivity contribution in [1.29, 1.82) is 0 Å². The number of thiophene rings is 1. The number of benzene rings is 8. The normalized spacial score (nSPS) is 11.4. The number of nitrogens with zero attached hydrogens (tertiary/aromatic N) is 2. The lowest BCUT2D eigenvalue weighted by atomic mass is 9.93. The fraction of sp³-hybridized carbons (Fsp3) is 0. The van der Waals surface area contributed by atoms with E-state index in [0.29, 0.717) is 5.82 Å². The summed E-state index contributed by atoms with van der Waals surface area (Å²) in [6, 6.07) is 69.3. The highest BCUT2D eigenvalue weighted by Gasteiger charge is 2.17. The third-order valence-corrected chi connectivity index (χ3v) is 11.2. The van der Waals surface area contributed by atoms with Crippen LogP contribution in [0, 0.1) is 0 Å². The lowest BCUT2D eigenvalue weighted by molar-refractivity contribution is 1.18. The number of rotatable bonds is 6. The van der Waals surface area contributed by atoms with E-state index in [0.717, 1.165) is 55.9 Å². The third-order valence-electron chi connectivity index (χ3n) is 10.1. The number of aromatic nitrogens is 2. The molecule has 0 N–H and O–H groups in total. The van der Waals surface area contributed by atoms with E-state index >= 15 is 0 Å². The maximum atomic E-state index is 5.39. The Balaban J connectivity index is 1.18. The van der Waals surface area contributed by atoms with Gasteiger partial charge in [0.15, 0.2) is 5.82 Å². The maximum absolute atomic E-state index is 5.39. The number of fused-ring (bicyclic) bond motifs is 4. The minimum absolute atomic E-state index is 0.697. The fourth-order valence-electron chi connectivity index (χ4n) is 7.40. The SMILES string of the molecule is c1ccc(-c2cc(-c3ccc4sc5ccccc5c4c3)cc(-c3cc(-c4ccccc4)nc(-c4ccccc4-c4ccc5ccccc5c4)n3)c2)cc1. The summed E-state index contributed by atoms with van der Waals surface area (Å²) in [5, 5.41) is 5.01. The molecular formula is C50H32N2S. The largest absolute Gasteiger partial charge is 0.228 e. The summed E-state index contributed by atoms with van der Waals surface area (Å²) in [5.41, 5.74) is 11.7. The second-order valence-corrected chi connectivity index (χ2v) is 14.5. The molecule has 0 spiro atoms. The molecule has 0 bridgehead atoms. The number of hydrogen-bond donors (Lipinski definition) is 0. The molecular weight excluding hydrogens is 661 g/mol. The van der Waals surface area contributed by atoms with E-state index in [9.17, 15) is 0 Å². The molecule has 2 aromatic heterocycles. The van der Waals surface area contributed by atoms with Crippen LogP contribution < -0.4 is 0 Å². The first kappa shape index (κ1) is 31.1. The van der Waals surface area contributed by atoms with E-state index in [1.165, 1.54) is 36.5 Å². The quantitative estimate of drug-likeness (QED) is 0.173. The van der Waals surface area contributed by atoms with Gasteiger partial charge >= 0.3 is 0 Å². The van der Waals surface area contributed by atoms with Crippen molar-refractivity contribution in [1.82, 2.24) is 9.97 Å². The van der Waals surface area contributed by atoms with Crippen molar-refractivity contribution in [2.24, 2.45) is 0 Å². The summed E-state index contributed by atoms with van der Waals surface area (Å²) >= 11 is 1.85. The van der Waals surface area contributed by atoms with Crippen molar-refractivity contribution in [3.05, 3.63) is 194 Å². The van der Waals surface area contributed by atoms with E-state index in [2.05, 4.69) is 188 Å². The molecule has 8 aromatic carbocycles. The fourth-order valence-corrected chi connectivity index (χ4v) is 8.49. The van der Waals surface area contributed by atoms with Crippen LogP contribution in [-0.4, -0.2) is 9.97 Å². The molecule has 0 atom stereocenters. The first-order chi connectivity index (χ1) is 26.2. The van der Waals surface area contributed by atoms with Crippen molar-refractivity contribution in [3.8, 4) is 67.3 Å². The lowest BCUT2D eigenvalue weighted by Crippen LogP contribution is -1.98. The maximum Gasteiger partial charge on any atom is 0.161 e. The predicted molar refractivity (Wildman–Crippen MR) is 225 cm³/mol. The van der Waals surface area contributed by atoms with Crippen LogP contribution in [0.3, 0.4) is 0 Å². The Morgan fingerprint density at radius 1 is 0.302 bits per heavy atom. The van der Waals surface area contributed by atoms with E-state index in [4.69, 9.17) is 9.97 Å². The molecule has 2 heterocycles. The summed E-state index contributed by atoms with van der Waals surface area (Å²) in [6.45, 7) is 0. The topological polar surface area (TPSA) is 25.8 Å². The van der Waals surface area contributed by atoms with Crippen LogP contribution in [0.2, 0.25) is 0 Å². The highest BCUT2D eigenvalue weighted by Crippen LogP contribution is 2.40. The standard InChI is InChI=1S/C50H32N2S/c1-3-13-33(14-4-1)39-28-40(37-25-26-49-45(31-37)43-20-11-12-22-48(43)53-49)30-41(29-39)47-32-46(35-16-5-2-6-17-35)51-50(52-47)44-21-10-9-19-42(44)38-24-23-34-15-7-8-18-36(34)27-38/h1-32H. The molecule has 53 heavy (non-hydrogen) atoms. The minimum atomic E-state index is 0.697. The molecule has 0 aliphatic heterocycles. The van der Waals surface area contributed by atoms with Crippen LogP contribution in [0.1, 0.15) is 0 Å². The molecule has 0 aliphatic rings. The van der Waals surface area contributed by atoms with Crippen LogP contribution in [-0.2, 0) is 0 Å². The zero-order chi connectivity index (χ0) is 35.1. The van der Waals surface area contributed by atoms with Crippen LogP contribution in [0.4, 0.5) is 0 Å². The lowest BCUT2D eigenvalue weighted by Gasteiger charge is -2.15. The van der Waals surface area contributed by atoms with Gasteiger partial charge in [0.1, 0.15) is 0 Å². The Bertz CT molecular complexity index is 2950. The Hall–Kier alpha value is -6.68. The second kappa shape index (κ2) is 13.1. The van der Waals surface area contributed by atoms with E-state index < -0.39 is 0 Å². The summed E-state index contributed by atoms with van der Waals surface area (Å²) in [6.07, 6.45) is 0. The molecule has 0 saturated carbocycles. The van der Waals surface area contributed by atoms with Crippen molar-refractivity contribution in [2.75, 3.05) is 0 Å².